The van der Waals surface area contributed by atoms with Gasteiger partial charge < -0.3 is 20.3 Å². The molecule has 0 rings (SSSR count). The molecule has 0 aliphatic rings. The molecule has 6 heteroatoms. The molecule has 0 aliphatic heterocycles. The first kappa shape index (κ1) is 59.3. The van der Waals surface area contributed by atoms with Crippen molar-refractivity contribution in [2.24, 2.45) is 0 Å². The molecule has 0 radical (unpaired) electrons. The van der Waals surface area contributed by atoms with Gasteiger partial charge in [0.15, 0.2) is 0 Å². The Hall–Kier alpha value is -2.70. The number of hydrogen-bond donors (Lipinski definition) is 3. The first-order valence-electron chi connectivity index (χ1n) is 26.2. The van der Waals surface area contributed by atoms with Crippen LogP contribution in [-0.2, 0) is 14.3 Å². The summed E-state index contributed by atoms with van der Waals surface area (Å²) in [6.07, 6.45) is 62.6. The molecule has 0 aromatic rings. The fourth-order valence-corrected chi connectivity index (χ4v) is 7.67. The zero-order valence-corrected chi connectivity index (χ0v) is 40.7. The van der Waals surface area contributed by atoms with Crippen molar-refractivity contribution in [3.63, 3.8) is 0 Å². The van der Waals surface area contributed by atoms with E-state index in [9.17, 15) is 19.8 Å². The lowest BCUT2D eigenvalue weighted by molar-refractivity contribution is -0.151. The number of esters is 1. The number of nitrogens with one attached hydrogen (secondary N) is 1. The molecule has 6 nitrogen and oxygen atoms in total. The van der Waals surface area contributed by atoms with Crippen LogP contribution >= 0.6 is 0 Å². The summed E-state index contributed by atoms with van der Waals surface area (Å²) in [6, 6.07) is -0.727. The molecular weight excluding hydrogens is 767 g/mol. The quantitative estimate of drug-likeness (QED) is 0.0322. The zero-order valence-electron chi connectivity index (χ0n) is 40.7. The molecule has 0 aliphatic carbocycles. The molecule has 0 spiro atoms. The maximum absolute atomic E-state index is 13.2. The van der Waals surface area contributed by atoms with Gasteiger partial charge in [0.25, 0.3) is 0 Å². The van der Waals surface area contributed by atoms with Crippen molar-refractivity contribution in [3.8, 4) is 0 Å². The molecule has 0 saturated heterocycles. The van der Waals surface area contributed by atoms with Crippen molar-refractivity contribution in [1.82, 2.24) is 5.32 Å². The van der Waals surface area contributed by atoms with Crippen LogP contribution in [0.4, 0.5) is 0 Å². The Morgan fingerprint density at radius 1 is 0.484 bits per heavy atom. The third-order valence-electron chi connectivity index (χ3n) is 11.6. The van der Waals surface area contributed by atoms with Crippen molar-refractivity contribution in [1.29, 1.82) is 0 Å². The number of ether oxygens (including phenoxy) is 1. The number of hydrogen-bond acceptors (Lipinski definition) is 5. The average molecular weight is 866 g/mol. The van der Waals surface area contributed by atoms with E-state index in [1.807, 2.05) is 36.5 Å². The lowest BCUT2D eigenvalue weighted by Gasteiger charge is -2.24. The highest BCUT2D eigenvalue weighted by Gasteiger charge is 2.24. The summed E-state index contributed by atoms with van der Waals surface area (Å²) in [4.78, 5) is 26.1. The van der Waals surface area contributed by atoms with Gasteiger partial charge in [-0.3, -0.25) is 9.59 Å². The molecule has 0 aromatic carbocycles. The second-order valence-electron chi connectivity index (χ2n) is 17.7. The van der Waals surface area contributed by atoms with Crippen molar-refractivity contribution in [2.75, 3.05) is 6.61 Å². The minimum absolute atomic E-state index is 0.0247. The van der Waals surface area contributed by atoms with Gasteiger partial charge in [0, 0.05) is 6.42 Å². The predicted molar refractivity (Wildman–Crippen MR) is 268 cm³/mol. The third kappa shape index (κ3) is 43.9. The Labute approximate surface area is 383 Å². The fourth-order valence-electron chi connectivity index (χ4n) is 7.67. The molecule has 358 valence electrons. The summed E-state index contributed by atoms with van der Waals surface area (Å²) >= 11 is 0. The maximum atomic E-state index is 13.2. The van der Waals surface area contributed by atoms with Crippen LogP contribution in [0, 0.1) is 0 Å². The number of rotatable bonds is 46. The van der Waals surface area contributed by atoms with E-state index in [4.69, 9.17) is 4.74 Å². The Kier molecular flexibility index (Phi) is 47.2. The first-order valence-corrected chi connectivity index (χ1v) is 26.2. The predicted octanol–water partition coefficient (Wildman–Crippen LogP) is 15.8. The SMILES string of the molecule is CC/C=C/C=C/C=C\C=C/CCCC(CC(=O)NC(CO)C(O)CCCCCCCCCCCCCCCCCCC)OC(=O)CCCCCCCC/C=C/C=C/CCCCC. The van der Waals surface area contributed by atoms with Gasteiger partial charge in [-0.1, -0.05) is 241 Å². The molecule has 1 amide bonds. The lowest BCUT2D eigenvalue weighted by Crippen LogP contribution is -2.46. The summed E-state index contributed by atoms with van der Waals surface area (Å²) in [5.74, 6) is -0.556. The second kappa shape index (κ2) is 49.3. The molecule has 0 fully saturated rings. The molecule has 0 saturated carbocycles. The Morgan fingerprint density at radius 2 is 0.887 bits per heavy atom. The van der Waals surface area contributed by atoms with Gasteiger partial charge in [-0.2, -0.15) is 0 Å². The number of carbonyl (C=O) groups is 2. The van der Waals surface area contributed by atoms with Gasteiger partial charge >= 0.3 is 5.97 Å². The summed E-state index contributed by atoms with van der Waals surface area (Å²) in [5, 5.41) is 23.8. The highest BCUT2D eigenvalue weighted by Crippen LogP contribution is 2.17. The monoisotopic (exact) mass is 866 g/mol. The first-order chi connectivity index (χ1) is 30.5. The van der Waals surface area contributed by atoms with Crippen LogP contribution < -0.4 is 5.32 Å². The van der Waals surface area contributed by atoms with Crippen molar-refractivity contribution in [2.45, 2.75) is 264 Å². The van der Waals surface area contributed by atoms with Gasteiger partial charge in [0.05, 0.1) is 25.2 Å². The summed E-state index contributed by atoms with van der Waals surface area (Å²) in [7, 11) is 0. The van der Waals surface area contributed by atoms with E-state index in [-0.39, 0.29) is 24.9 Å². The molecule has 0 aromatic heterocycles. The van der Waals surface area contributed by atoms with Gasteiger partial charge in [-0.05, 0) is 64.2 Å². The van der Waals surface area contributed by atoms with Gasteiger partial charge in [-0.15, -0.1) is 0 Å². The minimum Gasteiger partial charge on any atom is -0.462 e. The molecule has 0 bridgehead atoms. The van der Waals surface area contributed by atoms with Gasteiger partial charge in [-0.25, -0.2) is 0 Å². The lowest BCUT2D eigenvalue weighted by atomic mass is 10.0. The van der Waals surface area contributed by atoms with Crippen LogP contribution in [-0.4, -0.2) is 46.9 Å². The van der Waals surface area contributed by atoms with Crippen LogP contribution in [0.25, 0.3) is 0 Å². The van der Waals surface area contributed by atoms with Crippen molar-refractivity contribution >= 4 is 11.9 Å². The number of carbonyl (C=O) groups excluding carboxylic acids is 2. The van der Waals surface area contributed by atoms with Crippen LogP contribution in [0.2, 0.25) is 0 Å². The van der Waals surface area contributed by atoms with Crippen LogP contribution in [0.1, 0.15) is 245 Å². The van der Waals surface area contributed by atoms with Crippen LogP contribution in [0.15, 0.2) is 72.9 Å². The fraction of sp³-hybridized carbons (Fsp3) is 0.750. The average Bonchev–Trinajstić information content (AvgIpc) is 3.26. The smallest absolute Gasteiger partial charge is 0.306 e. The highest BCUT2D eigenvalue weighted by molar-refractivity contribution is 5.77. The summed E-state index contributed by atoms with van der Waals surface area (Å²) in [5.41, 5.74) is 0. The third-order valence-corrected chi connectivity index (χ3v) is 11.6. The normalized spacial score (nSPS) is 13.8. The van der Waals surface area contributed by atoms with E-state index in [0.717, 1.165) is 64.2 Å². The standard InChI is InChI=1S/C56H99NO5/c1-4-7-10-13-16-19-22-24-26-27-29-30-33-36-39-42-45-48-54(59)53(51-58)57-55(60)50-52(47-44-41-38-35-32-21-18-15-12-9-6-3)62-56(61)49-46-43-40-37-34-31-28-25-23-20-17-14-11-8-5-2/h9,12,15,17-18,20-21,23,25,32,35,38,52-54,58-59H,4-8,10-11,13-14,16,19,22,24,26-31,33-34,36-37,39-51H2,1-3H3,(H,57,60)/b12-9+,18-15+,20-17+,25-23+,32-21-,38-35-. The number of amides is 1. The molecule has 0 heterocycles. The number of unbranched alkanes of at least 4 members (excludes halogenated alkanes) is 26. The highest BCUT2D eigenvalue weighted by atomic mass is 16.5. The minimum atomic E-state index is -0.810. The van der Waals surface area contributed by atoms with Gasteiger partial charge in [0.1, 0.15) is 6.10 Å². The summed E-state index contributed by atoms with van der Waals surface area (Å²) in [6.45, 7) is 6.29. The number of aliphatic hydroxyl groups excluding tert-OH is 2. The van der Waals surface area contributed by atoms with Crippen molar-refractivity contribution in [3.05, 3.63) is 72.9 Å². The van der Waals surface area contributed by atoms with E-state index in [1.54, 1.807) is 0 Å². The maximum Gasteiger partial charge on any atom is 0.306 e. The van der Waals surface area contributed by atoms with Gasteiger partial charge in [0.2, 0.25) is 5.91 Å². The van der Waals surface area contributed by atoms with Crippen LogP contribution in [0.3, 0.4) is 0 Å². The second-order valence-corrected chi connectivity index (χ2v) is 17.7. The van der Waals surface area contributed by atoms with E-state index >= 15 is 0 Å². The van der Waals surface area contributed by atoms with E-state index in [2.05, 4.69) is 62.5 Å². The largest absolute Gasteiger partial charge is 0.462 e. The molecule has 3 atom stereocenters. The van der Waals surface area contributed by atoms with E-state index < -0.39 is 18.2 Å². The molecule has 3 N–H and O–H groups in total. The number of allylic oxidation sites excluding steroid dienone is 12. The molecular formula is C56H99NO5. The summed E-state index contributed by atoms with van der Waals surface area (Å²) < 4.78 is 5.88. The van der Waals surface area contributed by atoms with Crippen molar-refractivity contribution < 1.29 is 24.5 Å². The Balaban J connectivity index is 4.56. The molecule has 3 unspecified atom stereocenters. The zero-order chi connectivity index (χ0) is 45.2. The van der Waals surface area contributed by atoms with E-state index in [0.29, 0.717) is 19.3 Å². The van der Waals surface area contributed by atoms with Crippen LogP contribution in [0.5, 0.6) is 0 Å². The number of aliphatic hydroxyl groups is 2. The Bertz CT molecular complexity index is 1150. The molecule has 62 heavy (non-hydrogen) atoms. The Morgan fingerprint density at radius 3 is 1.40 bits per heavy atom. The van der Waals surface area contributed by atoms with E-state index in [1.165, 1.54) is 135 Å². The topological polar surface area (TPSA) is 95.9 Å².